The van der Waals surface area contributed by atoms with Crippen molar-refractivity contribution in [2.24, 2.45) is 5.41 Å². The smallest absolute Gasteiger partial charge is 0.409 e. The standard InChI is InChI=1S/C12H22N2O2/c1-2-16-11(15)14-8-4-6-12(10-14)5-3-7-13-9-12/h13H,2-10H2,1H3/t12-/m1/s1. The third-order valence-electron chi connectivity index (χ3n) is 3.75. The van der Waals surface area contributed by atoms with Gasteiger partial charge in [0.05, 0.1) is 6.61 Å². The molecule has 0 aromatic heterocycles. The maximum Gasteiger partial charge on any atom is 0.409 e. The van der Waals surface area contributed by atoms with E-state index < -0.39 is 0 Å². The lowest BCUT2D eigenvalue weighted by atomic mass is 9.74. The van der Waals surface area contributed by atoms with Crippen LogP contribution in [0.2, 0.25) is 0 Å². The molecule has 4 heteroatoms. The summed E-state index contributed by atoms with van der Waals surface area (Å²) in [5.74, 6) is 0. The predicted octanol–water partition coefficient (Wildman–Crippen LogP) is 1.61. The summed E-state index contributed by atoms with van der Waals surface area (Å²) in [5, 5.41) is 3.46. The second-order valence-corrected chi connectivity index (χ2v) is 5.00. The molecule has 2 heterocycles. The van der Waals surface area contributed by atoms with Crippen molar-refractivity contribution < 1.29 is 9.53 Å². The van der Waals surface area contributed by atoms with Gasteiger partial charge < -0.3 is 15.0 Å². The summed E-state index contributed by atoms with van der Waals surface area (Å²) in [6.07, 6.45) is 4.70. The summed E-state index contributed by atoms with van der Waals surface area (Å²) in [4.78, 5) is 13.6. The van der Waals surface area contributed by atoms with Crippen LogP contribution in [-0.2, 0) is 4.74 Å². The van der Waals surface area contributed by atoms with E-state index in [1.165, 1.54) is 19.3 Å². The summed E-state index contributed by atoms with van der Waals surface area (Å²) in [6, 6.07) is 0. The van der Waals surface area contributed by atoms with Crippen molar-refractivity contribution >= 4 is 6.09 Å². The zero-order chi connectivity index (χ0) is 11.4. The fraction of sp³-hybridized carbons (Fsp3) is 0.917. The number of ether oxygens (including phenoxy) is 1. The maximum absolute atomic E-state index is 11.7. The van der Waals surface area contributed by atoms with Gasteiger partial charge in [-0.1, -0.05) is 0 Å². The summed E-state index contributed by atoms with van der Waals surface area (Å²) >= 11 is 0. The van der Waals surface area contributed by atoms with Crippen LogP contribution in [0.15, 0.2) is 0 Å². The first kappa shape index (κ1) is 11.7. The predicted molar refractivity (Wildman–Crippen MR) is 62.4 cm³/mol. The number of piperidine rings is 2. The SMILES string of the molecule is CCOC(=O)N1CCC[C@@]2(CCCNC2)C1. The average Bonchev–Trinajstić information content (AvgIpc) is 2.30. The highest BCUT2D eigenvalue weighted by Crippen LogP contribution is 2.35. The number of hydrogen-bond donors (Lipinski definition) is 1. The number of likely N-dealkylation sites (tertiary alicyclic amines) is 1. The average molecular weight is 226 g/mol. The van der Waals surface area contributed by atoms with E-state index in [9.17, 15) is 4.79 Å². The van der Waals surface area contributed by atoms with Crippen molar-refractivity contribution in [1.29, 1.82) is 0 Å². The lowest BCUT2D eigenvalue weighted by Gasteiger charge is -2.44. The highest BCUT2D eigenvalue weighted by Gasteiger charge is 2.38. The van der Waals surface area contributed by atoms with Gasteiger partial charge in [-0.15, -0.1) is 0 Å². The molecule has 4 nitrogen and oxygen atoms in total. The van der Waals surface area contributed by atoms with Gasteiger partial charge in [-0.2, -0.15) is 0 Å². The molecule has 0 saturated carbocycles. The van der Waals surface area contributed by atoms with Crippen LogP contribution < -0.4 is 5.32 Å². The second-order valence-electron chi connectivity index (χ2n) is 5.00. The van der Waals surface area contributed by atoms with Crippen LogP contribution >= 0.6 is 0 Å². The molecule has 0 bridgehead atoms. The molecule has 1 atom stereocenters. The molecule has 0 aromatic carbocycles. The Kier molecular flexibility index (Phi) is 3.69. The van der Waals surface area contributed by atoms with E-state index >= 15 is 0 Å². The summed E-state index contributed by atoms with van der Waals surface area (Å²) < 4.78 is 5.08. The van der Waals surface area contributed by atoms with Crippen LogP contribution in [0.25, 0.3) is 0 Å². The molecule has 2 aliphatic rings. The van der Waals surface area contributed by atoms with Crippen LogP contribution in [0.5, 0.6) is 0 Å². The molecule has 2 aliphatic heterocycles. The first-order valence-electron chi connectivity index (χ1n) is 6.38. The van der Waals surface area contributed by atoms with Gasteiger partial charge in [0.25, 0.3) is 0 Å². The molecule has 0 unspecified atom stereocenters. The van der Waals surface area contributed by atoms with E-state index in [0.717, 1.165) is 32.6 Å². The third-order valence-corrected chi connectivity index (χ3v) is 3.75. The summed E-state index contributed by atoms with van der Waals surface area (Å²) in [7, 11) is 0. The molecular formula is C12H22N2O2. The molecule has 1 spiro atoms. The van der Waals surface area contributed by atoms with Gasteiger partial charge in [0.2, 0.25) is 0 Å². The number of nitrogens with one attached hydrogen (secondary N) is 1. The molecule has 0 radical (unpaired) electrons. The fourth-order valence-corrected chi connectivity index (χ4v) is 2.96. The van der Waals surface area contributed by atoms with Gasteiger partial charge in [-0.25, -0.2) is 4.79 Å². The number of rotatable bonds is 1. The molecule has 0 aromatic rings. The van der Waals surface area contributed by atoms with Gasteiger partial charge in [0, 0.05) is 25.0 Å². The van der Waals surface area contributed by atoms with Gasteiger partial charge in [0.15, 0.2) is 0 Å². The first-order valence-corrected chi connectivity index (χ1v) is 6.38. The Morgan fingerprint density at radius 3 is 2.94 bits per heavy atom. The highest BCUT2D eigenvalue weighted by molar-refractivity contribution is 5.67. The van der Waals surface area contributed by atoms with Crippen LogP contribution in [0.1, 0.15) is 32.6 Å². The van der Waals surface area contributed by atoms with E-state index in [2.05, 4.69) is 5.32 Å². The van der Waals surface area contributed by atoms with Crippen molar-refractivity contribution in [3.05, 3.63) is 0 Å². The normalized spacial score (nSPS) is 30.4. The van der Waals surface area contributed by atoms with Crippen molar-refractivity contribution in [2.75, 3.05) is 32.8 Å². The zero-order valence-electron chi connectivity index (χ0n) is 10.1. The number of carbonyl (C=O) groups is 1. The molecule has 1 N–H and O–H groups in total. The molecular weight excluding hydrogens is 204 g/mol. The van der Waals surface area contributed by atoms with E-state index in [1.54, 1.807) is 0 Å². The van der Waals surface area contributed by atoms with Gasteiger partial charge in [0.1, 0.15) is 0 Å². The maximum atomic E-state index is 11.7. The zero-order valence-corrected chi connectivity index (χ0v) is 10.1. The lowest BCUT2D eigenvalue weighted by molar-refractivity contribution is 0.0456. The van der Waals surface area contributed by atoms with E-state index in [0.29, 0.717) is 12.0 Å². The second kappa shape index (κ2) is 5.04. The molecule has 16 heavy (non-hydrogen) atoms. The Hall–Kier alpha value is -0.770. The Labute approximate surface area is 97.3 Å². The largest absolute Gasteiger partial charge is 0.450 e. The van der Waals surface area contributed by atoms with Gasteiger partial charge in [-0.3, -0.25) is 0 Å². The summed E-state index contributed by atoms with van der Waals surface area (Å²) in [5.41, 5.74) is 0.323. The van der Waals surface area contributed by atoms with E-state index in [1.807, 2.05) is 11.8 Å². The Morgan fingerprint density at radius 2 is 2.25 bits per heavy atom. The topological polar surface area (TPSA) is 41.6 Å². The van der Waals surface area contributed by atoms with Crippen LogP contribution in [-0.4, -0.2) is 43.8 Å². The minimum Gasteiger partial charge on any atom is -0.450 e. The first-order chi connectivity index (χ1) is 7.76. The van der Waals surface area contributed by atoms with Crippen LogP contribution in [0.3, 0.4) is 0 Å². The molecule has 2 saturated heterocycles. The monoisotopic (exact) mass is 226 g/mol. The lowest BCUT2D eigenvalue weighted by Crippen LogP contribution is -2.52. The van der Waals surface area contributed by atoms with Crippen molar-refractivity contribution in [1.82, 2.24) is 10.2 Å². The Morgan fingerprint density at radius 1 is 1.44 bits per heavy atom. The van der Waals surface area contributed by atoms with Crippen LogP contribution in [0.4, 0.5) is 4.79 Å². The highest BCUT2D eigenvalue weighted by atomic mass is 16.6. The Bertz CT molecular complexity index is 244. The van der Waals surface area contributed by atoms with Gasteiger partial charge in [-0.05, 0) is 39.2 Å². The minimum absolute atomic E-state index is 0.132. The number of hydrogen-bond acceptors (Lipinski definition) is 3. The number of nitrogens with zero attached hydrogens (tertiary/aromatic N) is 1. The van der Waals surface area contributed by atoms with E-state index in [-0.39, 0.29) is 6.09 Å². The summed E-state index contributed by atoms with van der Waals surface area (Å²) in [6.45, 7) is 6.25. The molecule has 2 rings (SSSR count). The van der Waals surface area contributed by atoms with Gasteiger partial charge >= 0.3 is 6.09 Å². The quantitative estimate of drug-likeness (QED) is 0.738. The number of carbonyl (C=O) groups excluding carboxylic acids is 1. The van der Waals surface area contributed by atoms with E-state index in [4.69, 9.17) is 4.74 Å². The third kappa shape index (κ3) is 2.48. The molecule has 0 aliphatic carbocycles. The van der Waals surface area contributed by atoms with Crippen molar-refractivity contribution in [3.8, 4) is 0 Å². The van der Waals surface area contributed by atoms with Crippen molar-refractivity contribution in [3.63, 3.8) is 0 Å². The van der Waals surface area contributed by atoms with Crippen LogP contribution in [0, 0.1) is 5.41 Å². The Balaban J connectivity index is 1.94. The molecule has 1 amide bonds. The van der Waals surface area contributed by atoms with Crippen molar-refractivity contribution in [2.45, 2.75) is 32.6 Å². The number of amides is 1. The molecule has 2 fully saturated rings. The fourth-order valence-electron chi connectivity index (χ4n) is 2.96. The molecule has 92 valence electrons. The minimum atomic E-state index is -0.132.